The average molecular weight is 317 g/mol. The zero-order chi connectivity index (χ0) is 15.5. The lowest BCUT2D eigenvalue weighted by atomic mass is 10.2. The summed E-state index contributed by atoms with van der Waals surface area (Å²) in [5.74, 6) is 0.290. The Labute approximate surface area is 131 Å². The summed E-state index contributed by atoms with van der Waals surface area (Å²) in [6.45, 7) is 1.83. The number of amides is 1. The van der Waals surface area contributed by atoms with Crippen LogP contribution in [-0.4, -0.2) is 17.5 Å². The Bertz CT molecular complexity index is 829. The van der Waals surface area contributed by atoms with Crippen molar-refractivity contribution < 1.29 is 13.9 Å². The fraction of sp³-hybridized carbons (Fsp3) is 0.125. The number of rotatable bonds is 4. The summed E-state index contributed by atoms with van der Waals surface area (Å²) in [7, 11) is 0. The number of carbonyl (C=O) groups excluding carboxylic acids is 1. The molecule has 2 aromatic carbocycles. The highest BCUT2D eigenvalue weighted by Gasteiger charge is 2.10. The molecule has 1 heterocycles. The van der Waals surface area contributed by atoms with Gasteiger partial charge in [-0.05, 0) is 36.8 Å². The molecular formula is C16H13ClN2O3. The number of benzene rings is 2. The molecule has 3 rings (SSSR count). The van der Waals surface area contributed by atoms with Gasteiger partial charge in [0.2, 0.25) is 0 Å². The van der Waals surface area contributed by atoms with E-state index in [1.54, 1.807) is 24.3 Å². The molecule has 6 heteroatoms. The third-order valence-electron chi connectivity index (χ3n) is 2.96. The van der Waals surface area contributed by atoms with Crippen LogP contribution in [0.5, 0.6) is 5.75 Å². The molecule has 0 spiro atoms. The first-order valence-corrected chi connectivity index (χ1v) is 7.03. The lowest BCUT2D eigenvalue weighted by Gasteiger charge is -2.05. The number of aryl methyl sites for hydroxylation is 1. The molecule has 0 aliphatic heterocycles. The minimum atomic E-state index is -0.348. The number of fused-ring (bicyclic) bond motifs is 1. The van der Waals surface area contributed by atoms with Gasteiger partial charge in [0, 0.05) is 11.1 Å². The Morgan fingerprint density at radius 3 is 3.00 bits per heavy atom. The number of hydrogen-bond donors (Lipinski definition) is 1. The van der Waals surface area contributed by atoms with Crippen molar-refractivity contribution in [3.8, 4) is 5.75 Å². The van der Waals surface area contributed by atoms with Gasteiger partial charge < -0.3 is 9.15 Å². The molecule has 0 atom stereocenters. The SMILES string of the molecule is Cc1cccc(OCC(=O)Nc2nc3ccc(Cl)cc3o2)c1. The van der Waals surface area contributed by atoms with E-state index in [9.17, 15) is 4.79 Å². The van der Waals surface area contributed by atoms with E-state index < -0.39 is 0 Å². The van der Waals surface area contributed by atoms with Gasteiger partial charge in [-0.15, -0.1) is 0 Å². The zero-order valence-electron chi connectivity index (χ0n) is 11.8. The maximum atomic E-state index is 11.9. The van der Waals surface area contributed by atoms with Gasteiger partial charge in [-0.25, -0.2) is 0 Å². The van der Waals surface area contributed by atoms with E-state index in [1.165, 1.54) is 0 Å². The maximum Gasteiger partial charge on any atom is 0.302 e. The summed E-state index contributed by atoms with van der Waals surface area (Å²) in [4.78, 5) is 16.0. The van der Waals surface area contributed by atoms with Crippen LogP contribution in [0.4, 0.5) is 6.01 Å². The number of hydrogen-bond acceptors (Lipinski definition) is 4. The highest BCUT2D eigenvalue weighted by molar-refractivity contribution is 6.31. The Morgan fingerprint density at radius 2 is 2.18 bits per heavy atom. The summed E-state index contributed by atoms with van der Waals surface area (Å²) in [6.07, 6.45) is 0. The molecule has 22 heavy (non-hydrogen) atoms. The summed E-state index contributed by atoms with van der Waals surface area (Å²) in [5.41, 5.74) is 2.20. The van der Waals surface area contributed by atoms with Crippen molar-refractivity contribution in [1.82, 2.24) is 4.98 Å². The van der Waals surface area contributed by atoms with Crippen molar-refractivity contribution in [2.24, 2.45) is 0 Å². The smallest absolute Gasteiger partial charge is 0.302 e. The van der Waals surface area contributed by atoms with Crippen molar-refractivity contribution in [2.75, 3.05) is 11.9 Å². The molecule has 112 valence electrons. The number of aromatic nitrogens is 1. The highest BCUT2D eigenvalue weighted by atomic mass is 35.5. The molecule has 0 saturated heterocycles. The molecular weight excluding hydrogens is 304 g/mol. The van der Waals surface area contributed by atoms with Crippen molar-refractivity contribution in [1.29, 1.82) is 0 Å². The van der Waals surface area contributed by atoms with Crippen molar-refractivity contribution in [3.05, 3.63) is 53.1 Å². The van der Waals surface area contributed by atoms with E-state index in [4.69, 9.17) is 20.8 Å². The van der Waals surface area contributed by atoms with Gasteiger partial charge in [0.05, 0.1) is 0 Å². The van der Waals surface area contributed by atoms with Crippen LogP contribution in [0.2, 0.25) is 5.02 Å². The Hall–Kier alpha value is -2.53. The van der Waals surface area contributed by atoms with Gasteiger partial charge in [0.15, 0.2) is 12.2 Å². The maximum absolute atomic E-state index is 11.9. The molecule has 0 aliphatic carbocycles. The van der Waals surface area contributed by atoms with Crippen LogP contribution in [0.3, 0.4) is 0 Å². The summed E-state index contributed by atoms with van der Waals surface area (Å²) in [5, 5.41) is 3.10. The molecule has 0 radical (unpaired) electrons. The number of nitrogens with one attached hydrogen (secondary N) is 1. The summed E-state index contributed by atoms with van der Waals surface area (Å²) in [6, 6.07) is 12.7. The number of nitrogens with zero attached hydrogens (tertiary/aromatic N) is 1. The standard InChI is InChI=1S/C16H13ClN2O3/c1-10-3-2-4-12(7-10)21-9-15(20)19-16-18-13-6-5-11(17)8-14(13)22-16/h2-8H,9H2,1H3,(H,18,19,20). The second kappa shape index (κ2) is 6.07. The first-order valence-electron chi connectivity index (χ1n) is 6.65. The van der Waals surface area contributed by atoms with Crippen LogP contribution in [-0.2, 0) is 4.79 Å². The normalized spacial score (nSPS) is 10.6. The molecule has 1 aromatic heterocycles. The monoisotopic (exact) mass is 316 g/mol. The van der Waals surface area contributed by atoms with Crippen molar-refractivity contribution >= 4 is 34.6 Å². The summed E-state index contributed by atoms with van der Waals surface area (Å²) >= 11 is 5.87. The lowest BCUT2D eigenvalue weighted by Crippen LogP contribution is -2.20. The van der Waals surface area contributed by atoms with Crippen LogP contribution >= 0.6 is 11.6 Å². The first kappa shape index (κ1) is 14.4. The van der Waals surface area contributed by atoms with Crippen LogP contribution in [0, 0.1) is 6.92 Å². The fourth-order valence-corrected chi connectivity index (χ4v) is 2.12. The average Bonchev–Trinajstić information content (AvgIpc) is 2.86. The predicted molar refractivity (Wildman–Crippen MR) is 84.3 cm³/mol. The van der Waals surface area contributed by atoms with E-state index in [2.05, 4.69) is 10.3 Å². The third kappa shape index (κ3) is 3.38. The van der Waals surface area contributed by atoms with Crippen LogP contribution < -0.4 is 10.1 Å². The van der Waals surface area contributed by atoms with Gasteiger partial charge in [-0.1, -0.05) is 23.7 Å². The van der Waals surface area contributed by atoms with E-state index in [1.807, 2.05) is 25.1 Å². The quantitative estimate of drug-likeness (QED) is 0.795. The van der Waals surface area contributed by atoms with Crippen LogP contribution in [0.25, 0.3) is 11.1 Å². The number of oxazole rings is 1. The van der Waals surface area contributed by atoms with Gasteiger partial charge in [-0.3, -0.25) is 10.1 Å². The Morgan fingerprint density at radius 1 is 1.32 bits per heavy atom. The minimum absolute atomic E-state index is 0.120. The van der Waals surface area contributed by atoms with E-state index in [0.29, 0.717) is 21.9 Å². The predicted octanol–water partition coefficient (Wildman–Crippen LogP) is 3.81. The number of anilines is 1. The largest absolute Gasteiger partial charge is 0.484 e. The minimum Gasteiger partial charge on any atom is -0.484 e. The number of halogens is 1. The highest BCUT2D eigenvalue weighted by Crippen LogP contribution is 2.22. The fourth-order valence-electron chi connectivity index (χ4n) is 1.96. The molecule has 1 N–H and O–H groups in total. The summed E-state index contributed by atoms with van der Waals surface area (Å²) < 4.78 is 10.8. The second-order valence-electron chi connectivity index (χ2n) is 4.78. The molecule has 1 amide bonds. The van der Waals surface area contributed by atoms with Gasteiger partial charge in [0.25, 0.3) is 5.91 Å². The number of ether oxygens (including phenoxy) is 1. The van der Waals surface area contributed by atoms with Crippen LogP contribution in [0.15, 0.2) is 46.9 Å². The van der Waals surface area contributed by atoms with E-state index in [-0.39, 0.29) is 18.5 Å². The van der Waals surface area contributed by atoms with Crippen LogP contribution in [0.1, 0.15) is 5.56 Å². The van der Waals surface area contributed by atoms with E-state index >= 15 is 0 Å². The molecule has 0 fully saturated rings. The molecule has 0 saturated carbocycles. The molecule has 3 aromatic rings. The van der Waals surface area contributed by atoms with Gasteiger partial charge in [0.1, 0.15) is 11.3 Å². The van der Waals surface area contributed by atoms with Crippen molar-refractivity contribution in [3.63, 3.8) is 0 Å². The number of carbonyl (C=O) groups is 1. The first-order chi connectivity index (χ1) is 10.6. The third-order valence-corrected chi connectivity index (χ3v) is 3.19. The van der Waals surface area contributed by atoms with Gasteiger partial charge >= 0.3 is 6.01 Å². The zero-order valence-corrected chi connectivity index (χ0v) is 12.6. The second-order valence-corrected chi connectivity index (χ2v) is 5.22. The van der Waals surface area contributed by atoms with Crippen molar-refractivity contribution in [2.45, 2.75) is 6.92 Å². The molecule has 0 unspecified atom stereocenters. The molecule has 0 bridgehead atoms. The topological polar surface area (TPSA) is 64.4 Å². The molecule has 5 nitrogen and oxygen atoms in total. The van der Waals surface area contributed by atoms with E-state index in [0.717, 1.165) is 5.56 Å². The Kier molecular flexibility index (Phi) is 3.98. The molecule has 0 aliphatic rings. The van der Waals surface area contributed by atoms with Gasteiger partial charge in [-0.2, -0.15) is 4.98 Å². The lowest BCUT2D eigenvalue weighted by molar-refractivity contribution is -0.118. The Balaban J connectivity index is 1.63.